The van der Waals surface area contributed by atoms with Gasteiger partial charge in [-0.15, -0.1) is 0 Å². The highest BCUT2D eigenvalue weighted by Gasteiger charge is 2.34. The predicted octanol–water partition coefficient (Wildman–Crippen LogP) is 4.16. The van der Waals surface area contributed by atoms with E-state index in [4.69, 9.17) is 18.9 Å². The van der Waals surface area contributed by atoms with Crippen molar-refractivity contribution in [3.05, 3.63) is 53.6 Å². The number of hydrogen-bond acceptors (Lipinski definition) is 6. The fourth-order valence-corrected chi connectivity index (χ4v) is 4.90. The fourth-order valence-electron chi connectivity index (χ4n) is 3.30. The molecule has 0 aromatic heterocycles. The number of methoxy groups -OCH3 is 2. The van der Waals surface area contributed by atoms with Crippen molar-refractivity contribution < 1.29 is 27.4 Å². The summed E-state index contributed by atoms with van der Waals surface area (Å²) in [6.45, 7) is 8.26. The van der Waals surface area contributed by atoms with Crippen LogP contribution in [-0.4, -0.2) is 53.0 Å². The first kappa shape index (κ1) is 25.1. The van der Waals surface area contributed by atoms with Crippen molar-refractivity contribution in [2.24, 2.45) is 0 Å². The van der Waals surface area contributed by atoms with Crippen molar-refractivity contribution in [3.63, 3.8) is 0 Å². The first-order valence-corrected chi connectivity index (χ1v) is 11.8. The van der Waals surface area contributed by atoms with Crippen LogP contribution in [-0.2, 0) is 19.5 Å². The summed E-state index contributed by atoms with van der Waals surface area (Å²) in [4.78, 5) is 0.207. The van der Waals surface area contributed by atoms with Crippen molar-refractivity contribution in [3.8, 4) is 11.5 Å². The van der Waals surface area contributed by atoms with Crippen LogP contribution in [0.4, 0.5) is 0 Å². The van der Waals surface area contributed by atoms with Crippen LogP contribution in [0.5, 0.6) is 11.5 Å². The van der Waals surface area contributed by atoms with Gasteiger partial charge in [-0.2, -0.15) is 4.31 Å². The van der Waals surface area contributed by atoms with Gasteiger partial charge in [-0.25, -0.2) is 8.42 Å². The Hall–Kier alpha value is -2.13. The van der Waals surface area contributed by atoms with Crippen LogP contribution in [0.2, 0.25) is 0 Å². The number of nitrogens with zero attached hydrogens (tertiary/aromatic N) is 1. The lowest BCUT2D eigenvalue weighted by atomic mass is 10.1. The van der Waals surface area contributed by atoms with E-state index < -0.39 is 22.4 Å². The molecule has 0 aliphatic carbocycles. The second-order valence-corrected chi connectivity index (χ2v) is 8.90. The standard InChI is InChI=1S/C23H33NO6S/c1-7-29-23(30-8-2)16-24(31(25,26)20-12-9-17(3)10-13-20)18(4)21-15-19(27-5)11-14-22(21)28-6/h9-15,18,23H,7-8,16H2,1-6H3. The van der Waals surface area contributed by atoms with E-state index in [-0.39, 0.29) is 11.4 Å². The minimum atomic E-state index is -3.86. The molecular formula is C23H33NO6S. The Labute approximate surface area is 185 Å². The first-order valence-electron chi connectivity index (χ1n) is 10.3. The maximum atomic E-state index is 13.7. The van der Waals surface area contributed by atoms with Gasteiger partial charge in [0.05, 0.1) is 31.7 Å². The van der Waals surface area contributed by atoms with Crippen molar-refractivity contribution in [1.29, 1.82) is 0 Å². The summed E-state index contributed by atoms with van der Waals surface area (Å²) in [5.41, 5.74) is 1.67. The number of benzene rings is 2. The molecule has 0 heterocycles. The Bertz CT molecular complexity index is 924. The van der Waals surface area contributed by atoms with Crippen LogP contribution >= 0.6 is 0 Å². The lowest BCUT2D eigenvalue weighted by molar-refractivity contribution is -0.142. The maximum Gasteiger partial charge on any atom is 0.243 e. The van der Waals surface area contributed by atoms with Gasteiger partial charge < -0.3 is 18.9 Å². The van der Waals surface area contributed by atoms with Gasteiger partial charge in [0, 0.05) is 18.8 Å². The Morgan fingerprint density at radius 2 is 1.55 bits per heavy atom. The number of rotatable bonds is 12. The SMILES string of the molecule is CCOC(CN(C(C)c1cc(OC)ccc1OC)S(=O)(=O)c1ccc(C)cc1)OCC. The zero-order chi connectivity index (χ0) is 23.0. The molecule has 1 atom stereocenters. The second kappa shape index (κ2) is 11.5. The highest BCUT2D eigenvalue weighted by Crippen LogP contribution is 2.35. The third-order valence-electron chi connectivity index (χ3n) is 4.98. The minimum Gasteiger partial charge on any atom is -0.497 e. The molecule has 0 saturated heterocycles. The summed E-state index contributed by atoms with van der Waals surface area (Å²) in [5, 5.41) is 0. The molecule has 0 bridgehead atoms. The molecule has 0 amide bonds. The smallest absolute Gasteiger partial charge is 0.243 e. The van der Waals surface area contributed by atoms with Crippen molar-refractivity contribution in [2.75, 3.05) is 34.0 Å². The molecule has 0 fully saturated rings. The number of ether oxygens (including phenoxy) is 4. The summed E-state index contributed by atoms with van der Waals surface area (Å²) in [6, 6.07) is 11.6. The molecule has 172 valence electrons. The topological polar surface area (TPSA) is 74.3 Å². The second-order valence-electron chi connectivity index (χ2n) is 7.01. The van der Waals surface area contributed by atoms with Crippen LogP contribution in [0, 0.1) is 6.92 Å². The van der Waals surface area contributed by atoms with Gasteiger partial charge in [0.15, 0.2) is 6.29 Å². The van der Waals surface area contributed by atoms with Crippen LogP contribution in [0.3, 0.4) is 0 Å². The first-order chi connectivity index (χ1) is 14.8. The van der Waals surface area contributed by atoms with E-state index in [1.54, 1.807) is 56.7 Å². The molecule has 0 radical (unpaired) electrons. The molecule has 2 aromatic rings. The number of aryl methyl sites for hydroxylation is 1. The van der Waals surface area contributed by atoms with E-state index in [1.807, 2.05) is 27.7 Å². The molecule has 1 unspecified atom stereocenters. The summed E-state index contributed by atoms with van der Waals surface area (Å²) in [6.07, 6.45) is -0.700. The fraction of sp³-hybridized carbons (Fsp3) is 0.478. The van der Waals surface area contributed by atoms with Gasteiger partial charge in [0.2, 0.25) is 10.0 Å². The number of sulfonamides is 1. The van der Waals surface area contributed by atoms with E-state index in [2.05, 4.69) is 0 Å². The highest BCUT2D eigenvalue weighted by atomic mass is 32.2. The molecule has 0 N–H and O–H groups in total. The van der Waals surface area contributed by atoms with E-state index >= 15 is 0 Å². The highest BCUT2D eigenvalue weighted by molar-refractivity contribution is 7.89. The van der Waals surface area contributed by atoms with Crippen molar-refractivity contribution in [2.45, 2.75) is 44.9 Å². The molecule has 0 aliphatic heterocycles. The zero-order valence-electron chi connectivity index (χ0n) is 19.1. The molecule has 0 aliphatic rings. The Balaban J connectivity index is 2.57. The molecular weight excluding hydrogens is 418 g/mol. The van der Waals surface area contributed by atoms with Gasteiger partial charge >= 0.3 is 0 Å². The van der Waals surface area contributed by atoms with Gasteiger partial charge in [-0.3, -0.25) is 0 Å². The third kappa shape index (κ3) is 6.20. The molecule has 0 saturated carbocycles. The Kier molecular flexibility index (Phi) is 9.31. The van der Waals surface area contributed by atoms with Crippen LogP contribution in [0.25, 0.3) is 0 Å². The van der Waals surface area contributed by atoms with Crippen LogP contribution in [0.1, 0.15) is 37.9 Å². The van der Waals surface area contributed by atoms with E-state index in [0.29, 0.717) is 30.3 Å². The summed E-state index contributed by atoms with van der Waals surface area (Å²) in [5.74, 6) is 1.18. The van der Waals surface area contributed by atoms with Gasteiger partial charge in [0.1, 0.15) is 11.5 Å². The van der Waals surface area contributed by atoms with Gasteiger partial charge in [-0.05, 0) is 58.0 Å². The largest absolute Gasteiger partial charge is 0.497 e. The Morgan fingerprint density at radius 3 is 2.06 bits per heavy atom. The summed E-state index contributed by atoms with van der Waals surface area (Å²) >= 11 is 0. The lowest BCUT2D eigenvalue weighted by Crippen LogP contribution is -2.41. The molecule has 2 rings (SSSR count). The quantitative estimate of drug-likeness (QED) is 0.451. The Morgan fingerprint density at radius 1 is 0.935 bits per heavy atom. The molecule has 8 heteroatoms. The average Bonchev–Trinajstić information content (AvgIpc) is 2.76. The van der Waals surface area contributed by atoms with E-state index in [0.717, 1.165) is 5.56 Å². The third-order valence-corrected chi connectivity index (χ3v) is 6.93. The van der Waals surface area contributed by atoms with Crippen molar-refractivity contribution >= 4 is 10.0 Å². The normalized spacial score (nSPS) is 12.9. The summed E-state index contributed by atoms with van der Waals surface area (Å²) in [7, 11) is -0.742. The lowest BCUT2D eigenvalue weighted by Gasteiger charge is -2.32. The molecule has 31 heavy (non-hydrogen) atoms. The van der Waals surface area contributed by atoms with Crippen LogP contribution in [0.15, 0.2) is 47.4 Å². The average molecular weight is 452 g/mol. The monoisotopic (exact) mass is 451 g/mol. The van der Waals surface area contributed by atoms with E-state index in [1.165, 1.54) is 4.31 Å². The number of hydrogen-bond donors (Lipinski definition) is 0. The van der Waals surface area contributed by atoms with E-state index in [9.17, 15) is 8.42 Å². The summed E-state index contributed by atoms with van der Waals surface area (Å²) < 4.78 is 51.0. The van der Waals surface area contributed by atoms with Crippen molar-refractivity contribution in [1.82, 2.24) is 4.31 Å². The van der Waals surface area contributed by atoms with Gasteiger partial charge in [-0.1, -0.05) is 17.7 Å². The predicted molar refractivity (Wildman–Crippen MR) is 120 cm³/mol. The zero-order valence-corrected chi connectivity index (χ0v) is 19.9. The molecule has 7 nitrogen and oxygen atoms in total. The maximum absolute atomic E-state index is 13.7. The van der Waals surface area contributed by atoms with Gasteiger partial charge in [0.25, 0.3) is 0 Å². The minimum absolute atomic E-state index is 0.0272. The molecule has 0 spiro atoms. The van der Waals surface area contributed by atoms with Crippen LogP contribution < -0.4 is 9.47 Å². The molecule has 2 aromatic carbocycles.